The fourth-order valence-electron chi connectivity index (χ4n) is 2.42. The Morgan fingerprint density at radius 1 is 1.35 bits per heavy atom. The van der Waals surface area contributed by atoms with Gasteiger partial charge in [0.25, 0.3) is 5.69 Å². The summed E-state index contributed by atoms with van der Waals surface area (Å²) in [6.07, 6.45) is 3.96. The zero-order valence-corrected chi connectivity index (χ0v) is 9.59. The molecule has 0 N–H and O–H groups in total. The van der Waals surface area contributed by atoms with Crippen LogP contribution in [0, 0.1) is 16.0 Å². The minimum Gasteiger partial charge on any atom is -0.299 e. The average molecular weight is 233 g/mol. The molecule has 1 aliphatic carbocycles. The van der Waals surface area contributed by atoms with Gasteiger partial charge in [0.2, 0.25) is 0 Å². The van der Waals surface area contributed by atoms with Crippen LogP contribution in [-0.2, 0) is 11.2 Å². The van der Waals surface area contributed by atoms with Crippen LogP contribution in [0.2, 0.25) is 0 Å². The van der Waals surface area contributed by atoms with E-state index in [0.29, 0.717) is 18.6 Å². The van der Waals surface area contributed by atoms with Gasteiger partial charge in [-0.3, -0.25) is 14.9 Å². The predicted octanol–water partition coefficient (Wildman–Crippen LogP) is 2.90. The Morgan fingerprint density at radius 2 is 2.12 bits per heavy atom. The first-order chi connectivity index (χ1) is 8.18. The first kappa shape index (κ1) is 11.8. The van der Waals surface area contributed by atoms with Gasteiger partial charge in [-0.25, -0.2) is 0 Å². The Morgan fingerprint density at radius 3 is 2.76 bits per heavy atom. The molecule has 17 heavy (non-hydrogen) atoms. The molecule has 0 aliphatic heterocycles. The van der Waals surface area contributed by atoms with Crippen LogP contribution < -0.4 is 0 Å². The maximum Gasteiger partial charge on any atom is 0.272 e. The predicted molar refractivity (Wildman–Crippen MR) is 63.8 cm³/mol. The number of carbonyl (C=O) groups is 1. The van der Waals surface area contributed by atoms with Crippen molar-refractivity contribution in [3.63, 3.8) is 0 Å². The maximum atomic E-state index is 11.5. The molecule has 0 bridgehead atoms. The topological polar surface area (TPSA) is 60.2 Å². The fourth-order valence-corrected chi connectivity index (χ4v) is 2.42. The quantitative estimate of drug-likeness (QED) is 0.593. The summed E-state index contributed by atoms with van der Waals surface area (Å²) >= 11 is 0. The number of Topliss-reactive ketones (excluding diaryl/α,β-unsaturated/α-hetero) is 1. The molecule has 1 aliphatic rings. The summed E-state index contributed by atoms with van der Waals surface area (Å²) in [5, 5.41) is 10.8. The van der Waals surface area contributed by atoms with Crippen LogP contribution >= 0.6 is 0 Å². The van der Waals surface area contributed by atoms with Crippen molar-refractivity contribution in [2.45, 2.75) is 32.1 Å². The standard InChI is InChI=1S/C13H15NO3/c15-13-7-3-5-11(13)9-8-10-4-1-2-6-12(10)14(16)17/h1-2,4,6,11H,3,5,7-9H2. The highest BCUT2D eigenvalue weighted by Gasteiger charge is 2.24. The highest BCUT2D eigenvalue weighted by Crippen LogP contribution is 2.27. The van der Waals surface area contributed by atoms with E-state index >= 15 is 0 Å². The second-order valence-corrected chi connectivity index (χ2v) is 4.48. The average Bonchev–Trinajstić information content (AvgIpc) is 2.72. The van der Waals surface area contributed by atoms with Crippen LogP contribution in [0.4, 0.5) is 5.69 Å². The number of para-hydroxylation sites is 1. The third-order valence-electron chi connectivity index (χ3n) is 3.38. The van der Waals surface area contributed by atoms with Gasteiger partial charge in [-0.1, -0.05) is 18.2 Å². The van der Waals surface area contributed by atoms with Crippen LogP contribution in [0.5, 0.6) is 0 Å². The summed E-state index contributed by atoms with van der Waals surface area (Å²) in [6.45, 7) is 0. The van der Waals surface area contributed by atoms with E-state index in [1.807, 2.05) is 0 Å². The molecule has 0 heterocycles. The Labute approximate surface area is 99.8 Å². The molecular weight excluding hydrogens is 218 g/mol. The molecule has 0 saturated heterocycles. The number of aryl methyl sites for hydroxylation is 1. The molecule has 1 atom stereocenters. The summed E-state index contributed by atoms with van der Waals surface area (Å²) in [7, 11) is 0. The van der Waals surface area contributed by atoms with Crippen molar-refractivity contribution in [1.82, 2.24) is 0 Å². The van der Waals surface area contributed by atoms with Crippen molar-refractivity contribution in [1.29, 1.82) is 0 Å². The maximum absolute atomic E-state index is 11.5. The van der Waals surface area contributed by atoms with Crippen LogP contribution in [0.15, 0.2) is 24.3 Å². The largest absolute Gasteiger partial charge is 0.299 e. The molecule has 1 saturated carbocycles. The number of nitro groups is 1. The van der Waals surface area contributed by atoms with E-state index in [1.165, 1.54) is 6.07 Å². The number of hydrogen-bond donors (Lipinski definition) is 0. The SMILES string of the molecule is O=C1CCCC1CCc1ccccc1[N+](=O)[O-]. The highest BCUT2D eigenvalue weighted by molar-refractivity contribution is 5.82. The minimum absolute atomic E-state index is 0.120. The molecule has 0 aromatic heterocycles. The van der Waals surface area contributed by atoms with E-state index in [9.17, 15) is 14.9 Å². The molecule has 0 spiro atoms. The van der Waals surface area contributed by atoms with Gasteiger partial charge in [-0.2, -0.15) is 0 Å². The third-order valence-corrected chi connectivity index (χ3v) is 3.38. The molecule has 0 radical (unpaired) electrons. The van der Waals surface area contributed by atoms with E-state index in [-0.39, 0.29) is 16.5 Å². The lowest BCUT2D eigenvalue weighted by Crippen LogP contribution is -2.08. The molecule has 1 fully saturated rings. The monoisotopic (exact) mass is 233 g/mol. The van der Waals surface area contributed by atoms with E-state index in [1.54, 1.807) is 18.2 Å². The smallest absolute Gasteiger partial charge is 0.272 e. The van der Waals surface area contributed by atoms with Crippen LogP contribution in [-0.4, -0.2) is 10.7 Å². The van der Waals surface area contributed by atoms with E-state index in [2.05, 4.69) is 0 Å². The lowest BCUT2D eigenvalue weighted by atomic mass is 9.97. The molecular formula is C13H15NO3. The molecule has 4 heteroatoms. The summed E-state index contributed by atoms with van der Waals surface area (Å²) in [5.74, 6) is 0.443. The van der Waals surface area contributed by atoms with Crippen molar-refractivity contribution in [3.8, 4) is 0 Å². The minimum atomic E-state index is -0.355. The van der Waals surface area contributed by atoms with Gasteiger partial charge in [0, 0.05) is 24.0 Å². The van der Waals surface area contributed by atoms with Crippen molar-refractivity contribution in [2.24, 2.45) is 5.92 Å². The van der Waals surface area contributed by atoms with Gasteiger partial charge in [0.15, 0.2) is 0 Å². The van der Waals surface area contributed by atoms with Crippen LogP contribution in [0.1, 0.15) is 31.2 Å². The van der Waals surface area contributed by atoms with Crippen molar-refractivity contribution in [3.05, 3.63) is 39.9 Å². The normalized spacial score (nSPS) is 19.5. The van der Waals surface area contributed by atoms with Gasteiger partial charge < -0.3 is 0 Å². The number of benzene rings is 1. The van der Waals surface area contributed by atoms with Crippen LogP contribution in [0.25, 0.3) is 0 Å². The fraction of sp³-hybridized carbons (Fsp3) is 0.462. The lowest BCUT2D eigenvalue weighted by molar-refractivity contribution is -0.385. The molecule has 0 amide bonds. The molecule has 1 unspecified atom stereocenters. The first-order valence-electron chi connectivity index (χ1n) is 5.93. The summed E-state index contributed by atoms with van der Waals surface area (Å²) in [5.41, 5.74) is 0.898. The Balaban J connectivity index is 2.03. The Bertz CT molecular complexity index is 442. The molecule has 4 nitrogen and oxygen atoms in total. The highest BCUT2D eigenvalue weighted by atomic mass is 16.6. The van der Waals surface area contributed by atoms with E-state index in [0.717, 1.165) is 24.8 Å². The van der Waals surface area contributed by atoms with Crippen molar-refractivity contribution in [2.75, 3.05) is 0 Å². The Kier molecular flexibility index (Phi) is 3.52. The number of nitrogens with zero attached hydrogens (tertiary/aromatic N) is 1. The summed E-state index contributed by atoms with van der Waals surface area (Å²) in [6, 6.07) is 6.77. The van der Waals surface area contributed by atoms with Gasteiger partial charge in [-0.15, -0.1) is 0 Å². The Hall–Kier alpha value is -1.71. The number of ketones is 1. The summed E-state index contributed by atoms with van der Waals surface area (Å²) < 4.78 is 0. The van der Waals surface area contributed by atoms with Gasteiger partial charge in [0.1, 0.15) is 5.78 Å². The van der Waals surface area contributed by atoms with Gasteiger partial charge >= 0.3 is 0 Å². The van der Waals surface area contributed by atoms with Crippen molar-refractivity contribution >= 4 is 11.5 Å². The molecule has 1 aromatic rings. The van der Waals surface area contributed by atoms with E-state index in [4.69, 9.17) is 0 Å². The second kappa shape index (κ2) is 5.08. The van der Waals surface area contributed by atoms with Crippen LogP contribution in [0.3, 0.4) is 0 Å². The first-order valence-corrected chi connectivity index (χ1v) is 5.93. The second-order valence-electron chi connectivity index (χ2n) is 4.48. The molecule has 1 aromatic carbocycles. The number of nitro benzene ring substituents is 1. The van der Waals surface area contributed by atoms with E-state index < -0.39 is 0 Å². The van der Waals surface area contributed by atoms with Gasteiger partial charge in [-0.05, 0) is 25.7 Å². The summed E-state index contributed by atoms with van der Waals surface area (Å²) in [4.78, 5) is 21.9. The zero-order valence-electron chi connectivity index (χ0n) is 9.59. The molecule has 2 rings (SSSR count). The zero-order chi connectivity index (χ0) is 12.3. The third kappa shape index (κ3) is 2.70. The number of hydrogen-bond acceptors (Lipinski definition) is 3. The molecule has 90 valence electrons. The number of rotatable bonds is 4. The lowest BCUT2D eigenvalue weighted by Gasteiger charge is -2.07. The number of carbonyl (C=O) groups excluding carboxylic acids is 1. The van der Waals surface area contributed by atoms with Gasteiger partial charge in [0.05, 0.1) is 4.92 Å². The van der Waals surface area contributed by atoms with Crippen molar-refractivity contribution < 1.29 is 9.72 Å².